The molecule has 0 aliphatic heterocycles. The van der Waals surface area contributed by atoms with E-state index in [-0.39, 0.29) is 5.56 Å². The van der Waals surface area contributed by atoms with E-state index < -0.39 is 23.3 Å². The zero-order valence-corrected chi connectivity index (χ0v) is 21.7. The zero-order valence-electron chi connectivity index (χ0n) is 19.3. The summed E-state index contributed by atoms with van der Waals surface area (Å²) in [6.45, 7) is 0. The number of halogens is 1. The zero-order chi connectivity index (χ0) is 25.9. The number of H-pyrrole nitrogens is 1. The molecule has 2 heterocycles. The van der Waals surface area contributed by atoms with Crippen LogP contribution in [0.15, 0.2) is 100 Å². The number of carbonyl (C=O) groups excluding carboxylic acids is 1. The van der Waals surface area contributed by atoms with E-state index >= 15 is 0 Å². The molecule has 0 saturated heterocycles. The molecular weight excluding hydrogens is 550 g/mol. The molecule has 0 fully saturated rings. The Balaban J connectivity index is 1.75. The molecule has 5 rings (SSSR count). The summed E-state index contributed by atoms with van der Waals surface area (Å²) in [5.74, 6) is -2.97. The summed E-state index contributed by atoms with van der Waals surface area (Å²) < 4.78 is 2.20. The first kappa shape index (κ1) is 24.4. The highest BCUT2D eigenvalue weighted by atomic mass is 79.9. The SMILES string of the molecule is N#C[C@@H](C(N)=O)[C@@H](c1ccc(Br)cc1)c1c(-c2ccccc2)[nH]n(-c2ncc(-c3ccccc3)s2)c1=O. The lowest BCUT2D eigenvalue weighted by atomic mass is 9.80. The molecule has 3 N–H and O–H groups in total. The van der Waals surface area contributed by atoms with Crippen LogP contribution in [0.3, 0.4) is 0 Å². The molecule has 0 spiro atoms. The highest BCUT2D eigenvalue weighted by Crippen LogP contribution is 2.37. The summed E-state index contributed by atoms with van der Waals surface area (Å²) in [7, 11) is 0. The van der Waals surface area contributed by atoms with Crippen molar-refractivity contribution in [3.8, 4) is 32.9 Å². The molecule has 0 aliphatic rings. The molecule has 0 radical (unpaired) electrons. The number of primary amides is 1. The van der Waals surface area contributed by atoms with Gasteiger partial charge in [0, 0.05) is 16.6 Å². The fourth-order valence-electron chi connectivity index (χ4n) is 4.30. The molecule has 182 valence electrons. The third-order valence-corrected chi connectivity index (χ3v) is 7.61. The number of nitrogens with one attached hydrogen (secondary N) is 1. The maximum atomic E-state index is 14.1. The highest BCUT2D eigenvalue weighted by Gasteiger charge is 2.36. The first-order chi connectivity index (χ1) is 18.0. The minimum Gasteiger partial charge on any atom is -0.369 e. The number of nitrogens with two attached hydrogens (primary N) is 1. The van der Waals surface area contributed by atoms with Gasteiger partial charge >= 0.3 is 0 Å². The van der Waals surface area contributed by atoms with Gasteiger partial charge in [-0.2, -0.15) is 9.94 Å². The lowest BCUT2D eigenvalue weighted by Gasteiger charge is -2.20. The Kier molecular flexibility index (Phi) is 6.86. The predicted octanol–water partition coefficient (Wildman–Crippen LogP) is 5.48. The number of nitrogens with zero attached hydrogens (tertiary/aromatic N) is 3. The van der Waals surface area contributed by atoms with E-state index in [0.29, 0.717) is 16.4 Å². The quantitative estimate of drug-likeness (QED) is 0.270. The van der Waals surface area contributed by atoms with Crippen LogP contribution in [0.25, 0.3) is 26.8 Å². The number of nitriles is 1. The Labute approximate surface area is 225 Å². The lowest BCUT2D eigenvalue weighted by molar-refractivity contribution is -0.120. The first-order valence-electron chi connectivity index (χ1n) is 11.3. The van der Waals surface area contributed by atoms with Crippen LogP contribution in [-0.2, 0) is 4.79 Å². The number of aromatic nitrogens is 3. The minimum atomic E-state index is -1.27. The summed E-state index contributed by atoms with van der Waals surface area (Å²) in [6.07, 6.45) is 1.72. The molecule has 1 amide bonds. The molecule has 0 saturated carbocycles. The van der Waals surface area contributed by atoms with E-state index in [1.807, 2.05) is 66.7 Å². The van der Waals surface area contributed by atoms with Crippen molar-refractivity contribution >= 4 is 33.2 Å². The van der Waals surface area contributed by atoms with E-state index in [4.69, 9.17) is 5.73 Å². The van der Waals surface area contributed by atoms with E-state index in [1.54, 1.807) is 30.5 Å². The third-order valence-electron chi connectivity index (χ3n) is 6.05. The molecular formula is C28H20BrN5O2S. The Morgan fingerprint density at radius 3 is 2.22 bits per heavy atom. The molecule has 2 atom stereocenters. The van der Waals surface area contributed by atoms with Crippen LogP contribution in [0, 0.1) is 17.2 Å². The van der Waals surface area contributed by atoms with Crippen LogP contribution in [0.5, 0.6) is 0 Å². The van der Waals surface area contributed by atoms with E-state index in [9.17, 15) is 14.9 Å². The second-order valence-electron chi connectivity index (χ2n) is 8.32. The Bertz CT molecular complexity index is 1650. The van der Waals surface area contributed by atoms with Gasteiger partial charge in [0.25, 0.3) is 5.56 Å². The van der Waals surface area contributed by atoms with E-state index in [1.165, 1.54) is 16.0 Å². The van der Waals surface area contributed by atoms with Gasteiger partial charge in [0.1, 0.15) is 5.92 Å². The van der Waals surface area contributed by atoms with Gasteiger partial charge < -0.3 is 5.73 Å². The summed E-state index contributed by atoms with van der Waals surface area (Å²) >= 11 is 4.78. The van der Waals surface area contributed by atoms with Gasteiger partial charge in [0.2, 0.25) is 11.0 Å². The molecule has 37 heavy (non-hydrogen) atoms. The predicted molar refractivity (Wildman–Crippen MR) is 147 cm³/mol. The second-order valence-corrected chi connectivity index (χ2v) is 10.2. The Morgan fingerprint density at radius 2 is 1.62 bits per heavy atom. The van der Waals surface area contributed by atoms with Crippen molar-refractivity contribution in [2.75, 3.05) is 0 Å². The van der Waals surface area contributed by atoms with Crippen LogP contribution in [-0.4, -0.2) is 20.7 Å². The fourth-order valence-corrected chi connectivity index (χ4v) is 5.45. The molecule has 0 aliphatic carbocycles. The number of carbonyl (C=O) groups is 1. The summed E-state index contributed by atoms with van der Waals surface area (Å²) in [4.78, 5) is 31.9. The number of hydrogen-bond donors (Lipinski definition) is 2. The van der Waals surface area contributed by atoms with Crippen molar-refractivity contribution in [1.29, 1.82) is 5.26 Å². The van der Waals surface area contributed by atoms with Crippen molar-refractivity contribution in [3.63, 3.8) is 0 Å². The largest absolute Gasteiger partial charge is 0.369 e. The van der Waals surface area contributed by atoms with Crippen molar-refractivity contribution in [1.82, 2.24) is 14.8 Å². The van der Waals surface area contributed by atoms with Gasteiger partial charge in [0.05, 0.1) is 22.2 Å². The molecule has 2 aromatic heterocycles. The number of hydrogen-bond acceptors (Lipinski definition) is 5. The minimum absolute atomic E-state index is 0.273. The average Bonchev–Trinajstić information content (AvgIpc) is 3.54. The summed E-state index contributed by atoms with van der Waals surface area (Å²) in [6, 6.07) is 28.3. The van der Waals surface area contributed by atoms with Crippen LogP contribution >= 0.6 is 27.3 Å². The van der Waals surface area contributed by atoms with Crippen molar-refractivity contribution in [3.05, 3.63) is 117 Å². The number of rotatable bonds is 7. The third kappa shape index (κ3) is 4.77. The monoisotopic (exact) mass is 569 g/mol. The smallest absolute Gasteiger partial charge is 0.277 e. The lowest BCUT2D eigenvalue weighted by Crippen LogP contribution is -2.31. The number of amides is 1. The van der Waals surface area contributed by atoms with Crippen molar-refractivity contribution < 1.29 is 4.79 Å². The van der Waals surface area contributed by atoms with Crippen molar-refractivity contribution in [2.24, 2.45) is 11.7 Å². The van der Waals surface area contributed by atoms with Gasteiger partial charge in [-0.3, -0.25) is 14.7 Å². The second kappa shape index (κ2) is 10.4. The maximum Gasteiger partial charge on any atom is 0.277 e. The molecule has 9 heteroatoms. The Morgan fingerprint density at radius 1 is 1.00 bits per heavy atom. The van der Waals surface area contributed by atoms with Gasteiger partial charge in [-0.05, 0) is 28.8 Å². The normalized spacial score (nSPS) is 12.5. The van der Waals surface area contributed by atoms with Crippen LogP contribution < -0.4 is 11.3 Å². The van der Waals surface area contributed by atoms with Gasteiger partial charge in [0.15, 0.2) is 0 Å². The van der Waals surface area contributed by atoms with E-state index in [0.717, 1.165) is 20.5 Å². The summed E-state index contributed by atoms with van der Waals surface area (Å²) in [5, 5.41) is 13.6. The van der Waals surface area contributed by atoms with E-state index in [2.05, 4.69) is 26.0 Å². The number of benzene rings is 3. The molecule has 3 aromatic carbocycles. The average molecular weight is 570 g/mol. The molecule has 5 aromatic rings. The highest BCUT2D eigenvalue weighted by molar-refractivity contribution is 9.10. The topological polar surface area (TPSA) is 118 Å². The number of aromatic amines is 1. The molecule has 0 unspecified atom stereocenters. The number of thiazole rings is 1. The maximum absolute atomic E-state index is 14.1. The van der Waals surface area contributed by atoms with Crippen LogP contribution in [0.1, 0.15) is 17.0 Å². The first-order valence-corrected chi connectivity index (χ1v) is 12.9. The van der Waals surface area contributed by atoms with Crippen LogP contribution in [0.4, 0.5) is 0 Å². The fraction of sp³-hybridized carbons (Fsp3) is 0.0714. The van der Waals surface area contributed by atoms with Gasteiger partial charge in [-0.1, -0.05) is 100 Å². The standard InChI is InChI=1S/C28H20BrN5O2S/c29-20-13-11-18(12-14-20)23(21(15-30)26(31)35)24-25(19-9-5-2-6-10-19)33-34(27(24)36)28-32-16-22(37-28)17-7-3-1-4-8-17/h1-14,16,21,23,33H,(H2,31,35)/t21-,23-/m1/s1. The van der Waals surface area contributed by atoms with Crippen LogP contribution in [0.2, 0.25) is 0 Å². The summed E-state index contributed by atoms with van der Waals surface area (Å²) in [5.41, 5.74) is 8.39. The Hall–Kier alpha value is -4.26. The van der Waals surface area contributed by atoms with Crippen molar-refractivity contribution in [2.45, 2.75) is 5.92 Å². The molecule has 7 nitrogen and oxygen atoms in total. The van der Waals surface area contributed by atoms with Gasteiger partial charge in [-0.15, -0.1) is 0 Å². The molecule has 0 bridgehead atoms. The van der Waals surface area contributed by atoms with Gasteiger partial charge in [-0.25, -0.2) is 4.98 Å².